The Labute approximate surface area is 317 Å². The summed E-state index contributed by atoms with van der Waals surface area (Å²) in [4.78, 5) is 39.1. The molecule has 2 saturated carbocycles. The van der Waals surface area contributed by atoms with Gasteiger partial charge in [0.2, 0.25) is 11.9 Å². The summed E-state index contributed by atoms with van der Waals surface area (Å²) in [5.74, 6) is -4.20. The van der Waals surface area contributed by atoms with Gasteiger partial charge in [0.1, 0.15) is 0 Å². The highest BCUT2D eigenvalue weighted by Crippen LogP contribution is 2.45. The van der Waals surface area contributed by atoms with Crippen LogP contribution in [0.3, 0.4) is 0 Å². The summed E-state index contributed by atoms with van der Waals surface area (Å²) in [6.07, 6.45) is 1.19. The predicted molar refractivity (Wildman–Crippen MR) is 191 cm³/mol. The van der Waals surface area contributed by atoms with Gasteiger partial charge in [-0.1, -0.05) is 67.1 Å². The molecule has 4 N–H and O–H groups in total. The number of alkyl halides is 6. The molecule has 2 aliphatic rings. The molecule has 2 aromatic carbocycles. The molecule has 0 radical (unpaired) electrons. The second-order valence-electron chi connectivity index (χ2n) is 13.3. The molecule has 5 aromatic rings. The molecule has 0 unspecified atom stereocenters. The second kappa shape index (κ2) is 16.3. The minimum atomic E-state index is -5.09. The van der Waals surface area contributed by atoms with Gasteiger partial charge in [0.15, 0.2) is 0 Å². The van der Waals surface area contributed by atoms with Gasteiger partial charge in [0.25, 0.3) is 11.8 Å². The van der Waals surface area contributed by atoms with E-state index in [1.165, 1.54) is 41.3 Å². The standard InChI is InChI=1S/C18H18F3N5O2.C18H16F3N5O.CH4/c1-11-4-2-5-13(8-11)17(6-3-7-17)24-16-22-9-12(10-23-16)14(27)25-26-15(28)18(19,20)21;1-11-4-2-5-13(8-11)17(6-3-7-17)24-16-22-9-12(10-23-16)14-25-26-15(27-14)18(19,20)21;/h2,4-5,8-10H,3,6-7H2,1H3,(H,25,27)(H,26,28)(H,22,23,24);2,4-5,8-10H,3,6-7H2,1H3,(H,22,23,24);1H4. The van der Waals surface area contributed by atoms with E-state index in [2.05, 4.69) is 63.4 Å². The van der Waals surface area contributed by atoms with Gasteiger partial charge in [-0.05, 0) is 63.5 Å². The van der Waals surface area contributed by atoms with Gasteiger partial charge in [-0.3, -0.25) is 20.4 Å². The number of nitrogens with zero attached hydrogens (tertiary/aromatic N) is 6. The number of carbonyl (C=O) groups excluding carboxylic acids is 2. The molecule has 0 atom stereocenters. The molecule has 3 aromatic heterocycles. The van der Waals surface area contributed by atoms with E-state index in [1.54, 1.807) is 5.43 Å². The van der Waals surface area contributed by atoms with E-state index in [4.69, 9.17) is 0 Å². The average Bonchev–Trinajstić information content (AvgIpc) is 3.62. The quantitative estimate of drug-likeness (QED) is 0.0903. The maximum absolute atomic E-state index is 12.6. The van der Waals surface area contributed by atoms with Crippen LogP contribution in [0.1, 0.15) is 84.5 Å². The minimum Gasteiger partial charge on any atom is -0.413 e. The van der Waals surface area contributed by atoms with Crippen molar-refractivity contribution in [1.82, 2.24) is 41.0 Å². The molecule has 19 heteroatoms. The van der Waals surface area contributed by atoms with Gasteiger partial charge < -0.3 is 15.1 Å². The number of aromatic nitrogens is 6. The van der Waals surface area contributed by atoms with Crippen LogP contribution in [0.4, 0.5) is 38.2 Å². The lowest BCUT2D eigenvalue weighted by molar-refractivity contribution is -0.174. The first kappa shape index (κ1) is 41.0. The van der Waals surface area contributed by atoms with Gasteiger partial charge in [-0.25, -0.2) is 19.9 Å². The van der Waals surface area contributed by atoms with E-state index in [0.717, 1.165) is 49.7 Å². The third-order valence-electron chi connectivity index (χ3n) is 9.29. The fourth-order valence-corrected chi connectivity index (χ4v) is 6.07. The van der Waals surface area contributed by atoms with Crippen LogP contribution in [-0.2, 0) is 22.0 Å². The molecule has 296 valence electrons. The number of amides is 2. The highest BCUT2D eigenvalue weighted by Gasteiger charge is 2.42. The molecule has 0 saturated heterocycles. The number of benzene rings is 2. The molecule has 2 amide bonds. The Morgan fingerprint density at radius 1 is 0.696 bits per heavy atom. The molecule has 3 heterocycles. The van der Waals surface area contributed by atoms with Crippen molar-refractivity contribution in [2.45, 2.75) is 83.2 Å². The van der Waals surface area contributed by atoms with Crippen LogP contribution in [0.2, 0.25) is 0 Å². The number of hydrogen-bond acceptors (Lipinski definition) is 11. The van der Waals surface area contributed by atoms with Gasteiger partial charge in [0, 0.05) is 24.8 Å². The average molecular weight is 785 g/mol. The van der Waals surface area contributed by atoms with Crippen molar-refractivity contribution >= 4 is 23.7 Å². The van der Waals surface area contributed by atoms with Crippen molar-refractivity contribution in [2.75, 3.05) is 10.6 Å². The summed E-state index contributed by atoms with van der Waals surface area (Å²) in [6.45, 7) is 4.05. The summed E-state index contributed by atoms with van der Waals surface area (Å²) in [6, 6.07) is 16.4. The summed E-state index contributed by atoms with van der Waals surface area (Å²) < 4.78 is 78.7. The first-order valence-corrected chi connectivity index (χ1v) is 17.0. The number of halogens is 6. The third kappa shape index (κ3) is 9.38. The molecule has 56 heavy (non-hydrogen) atoms. The summed E-state index contributed by atoms with van der Waals surface area (Å²) in [5, 5.41) is 13.1. The topological polar surface area (TPSA) is 173 Å². The Bertz CT molecular complexity index is 2130. The van der Waals surface area contributed by atoms with E-state index in [0.29, 0.717) is 11.9 Å². The van der Waals surface area contributed by atoms with Crippen molar-refractivity contribution in [3.63, 3.8) is 0 Å². The summed E-state index contributed by atoms with van der Waals surface area (Å²) in [7, 11) is 0. The smallest absolute Gasteiger partial charge is 0.413 e. The van der Waals surface area contributed by atoms with Gasteiger partial charge in [-0.15, -0.1) is 10.2 Å². The van der Waals surface area contributed by atoms with Crippen LogP contribution < -0.4 is 21.5 Å². The van der Waals surface area contributed by atoms with Crippen molar-refractivity contribution in [3.05, 3.63) is 107 Å². The SMILES string of the molecule is C.Cc1cccc(C2(Nc3ncc(-c4nnc(C(F)(F)F)o4)cn3)CCC2)c1.Cc1cccc(C2(Nc3ncc(C(=O)NNC(=O)C(F)(F)F)cn3)CCC2)c1. The number of anilines is 2. The van der Waals surface area contributed by atoms with Crippen molar-refractivity contribution in [1.29, 1.82) is 0 Å². The van der Waals surface area contributed by atoms with E-state index in [1.807, 2.05) is 44.2 Å². The maximum atomic E-state index is 12.6. The Morgan fingerprint density at radius 3 is 1.57 bits per heavy atom. The van der Waals surface area contributed by atoms with Gasteiger partial charge in [-0.2, -0.15) is 26.3 Å². The third-order valence-corrected chi connectivity index (χ3v) is 9.29. The van der Waals surface area contributed by atoms with Crippen LogP contribution in [0, 0.1) is 13.8 Å². The Morgan fingerprint density at radius 2 is 1.18 bits per heavy atom. The van der Waals surface area contributed by atoms with Crippen molar-refractivity contribution in [2.24, 2.45) is 0 Å². The number of hydrogen-bond donors (Lipinski definition) is 4. The Balaban J connectivity index is 0.000000211. The normalized spacial score (nSPS) is 15.4. The van der Waals surface area contributed by atoms with Crippen molar-refractivity contribution < 1.29 is 40.3 Å². The van der Waals surface area contributed by atoms with Gasteiger partial charge in [0.05, 0.1) is 22.2 Å². The zero-order valence-corrected chi connectivity index (χ0v) is 29.3. The van der Waals surface area contributed by atoms with Crippen LogP contribution in [0.15, 0.2) is 77.7 Å². The number of carbonyl (C=O) groups is 2. The summed E-state index contributed by atoms with van der Waals surface area (Å²) in [5.41, 5.74) is 7.19. The van der Waals surface area contributed by atoms with Crippen molar-refractivity contribution in [3.8, 4) is 11.5 Å². The number of rotatable bonds is 8. The van der Waals surface area contributed by atoms with E-state index in [-0.39, 0.29) is 35.5 Å². The monoisotopic (exact) mass is 784 g/mol. The molecule has 2 aliphatic carbocycles. The van der Waals surface area contributed by atoms with E-state index in [9.17, 15) is 35.9 Å². The lowest BCUT2D eigenvalue weighted by Crippen LogP contribution is -2.47. The first-order valence-electron chi connectivity index (χ1n) is 17.0. The largest absolute Gasteiger partial charge is 0.472 e. The molecule has 2 fully saturated rings. The number of nitrogens with one attached hydrogen (secondary N) is 4. The van der Waals surface area contributed by atoms with Crippen LogP contribution in [0.5, 0.6) is 0 Å². The highest BCUT2D eigenvalue weighted by atomic mass is 19.4. The molecule has 7 rings (SSSR count). The van der Waals surface area contributed by atoms with Crippen LogP contribution in [0.25, 0.3) is 11.5 Å². The van der Waals surface area contributed by atoms with E-state index < -0.39 is 30.1 Å². The lowest BCUT2D eigenvalue weighted by atomic mass is 9.71. The lowest BCUT2D eigenvalue weighted by Gasteiger charge is -2.43. The molecule has 0 bridgehead atoms. The zero-order chi connectivity index (χ0) is 39.4. The number of hydrazine groups is 1. The molecular formula is C37H38F6N10O3. The fraction of sp³-hybridized carbons (Fsp3) is 0.351. The Kier molecular flexibility index (Phi) is 11.9. The van der Waals surface area contributed by atoms with Crippen LogP contribution >= 0.6 is 0 Å². The molecule has 13 nitrogen and oxygen atoms in total. The summed E-state index contributed by atoms with van der Waals surface area (Å²) >= 11 is 0. The number of aryl methyl sites for hydroxylation is 2. The second-order valence-corrected chi connectivity index (χ2v) is 13.3. The molecular weight excluding hydrogens is 746 g/mol. The molecule has 0 aliphatic heterocycles. The van der Waals surface area contributed by atoms with Gasteiger partial charge >= 0.3 is 24.2 Å². The Hall–Kier alpha value is -6.14. The molecule has 0 spiro atoms. The first-order chi connectivity index (χ1) is 26.1. The maximum Gasteiger partial charge on any atom is 0.472 e. The van der Waals surface area contributed by atoms with Crippen LogP contribution in [-0.4, -0.2) is 48.1 Å². The van der Waals surface area contributed by atoms with E-state index >= 15 is 0 Å². The fourth-order valence-electron chi connectivity index (χ4n) is 6.07. The minimum absolute atomic E-state index is 0. The zero-order valence-electron chi connectivity index (χ0n) is 29.3. The highest BCUT2D eigenvalue weighted by molar-refractivity contribution is 5.95. The predicted octanol–water partition coefficient (Wildman–Crippen LogP) is 7.58.